The predicted octanol–water partition coefficient (Wildman–Crippen LogP) is 0.899. The topological polar surface area (TPSA) is 50.9 Å². The molecule has 72 valence electrons. The quantitative estimate of drug-likeness (QED) is 0.770. The standard InChI is InChI=1S/C9H8FN3O/c10-9-5-8(2-1-7(9)6-14)13-4-3-11-12-13/h1-5,14H,6H2. The van der Waals surface area contributed by atoms with Crippen molar-refractivity contribution in [1.29, 1.82) is 0 Å². The van der Waals surface area contributed by atoms with Crippen LogP contribution in [0.5, 0.6) is 0 Å². The highest BCUT2D eigenvalue weighted by atomic mass is 19.1. The van der Waals surface area contributed by atoms with Gasteiger partial charge in [-0.3, -0.25) is 0 Å². The zero-order valence-corrected chi connectivity index (χ0v) is 7.26. The van der Waals surface area contributed by atoms with Crippen LogP contribution in [0.15, 0.2) is 30.6 Å². The summed E-state index contributed by atoms with van der Waals surface area (Å²) in [7, 11) is 0. The van der Waals surface area contributed by atoms with E-state index in [9.17, 15) is 4.39 Å². The lowest BCUT2D eigenvalue weighted by Gasteiger charge is -2.02. The van der Waals surface area contributed by atoms with Crippen molar-refractivity contribution in [3.63, 3.8) is 0 Å². The Hall–Kier alpha value is -1.75. The summed E-state index contributed by atoms with van der Waals surface area (Å²) >= 11 is 0. The first-order chi connectivity index (χ1) is 6.81. The van der Waals surface area contributed by atoms with Crippen molar-refractivity contribution in [3.8, 4) is 5.69 Å². The van der Waals surface area contributed by atoms with E-state index in [1.807, 2.05) is 0 Å². The maximum Gasteiger partial charge on any atom is 0.130 e. The van der Waals surface area contributed by atoms with Crippen molar-refractivity contribution in [2.45, 2.75) is 6.61 Å². The molecular weight excluding hydrogens is 185 g/mol. The number of nitrogens with zero attached hydrogens (tertiary/aromatic N) is 3. The number of benzene rings is 1. The monoisotopic (exact) mass is 193 g/mol. The van der Waals surface area contributed by atoms with E-state index in [1.165, 1.54) is 23.0 Å². The minimum absolute atomic E-state index is 0.272. The third-order valence-corrected chi connectivity index (χ3v) is 1.89. The maximum atomic E-state index is 13.2. The molecule has 0 aliphatic carbocycles. The summed E-state index contributed by atoms with van der Waals surface area (Å²) in [6.45, 7) is -0.302. The first-order valence-corrected chi connectivity index (χ1v) is 4.07. The molecule has 0 bridgehead atoms. The molecule has 1 heterocycles. The van der Waals surface area contributed by atoms with Gasteiger partial charge in [0.25, 0.3) is 0 Å². The maximum absolute atomic E-state index is 13.2. The summed E-state index contributed by atoms with van der Waals surface area (Å²) in [5, 5.41) is 16.1. The highest BCUT2D eigenvalue weighted by Gasteiger charge is 2.03. The van der Waals surface area contributed by atoms with Gasteiger partial charge in [-0.2, -0.15) is 0 Å². The van der Waals surface area contributed by atoms with Crippen molar-refractivity contribution >= 4 is 0 Å². The molecule has 0 aliphatic heterocycles. The summed E-state index contributed by atoms with van der Waals surface area (Å²) < 4.78 is 14.7. The molecule has 4 nitrogen and oxygen atoms in total. The van der Waals surface area contributed by atoms with Gasteiger partial charge >= 0.3 is 0 Å². The van der Waals surface area contributed by atoms with Crippen LogP contribution in [0.25, 0.3) is 5.69 Å². The molecule has 1 N–H and O–H groups in total. The van der Waals surface area contributed by atoms with Gasteiger partial charge in [-0.1, -0.05) is 11.3 Å². The third kappa shape index (κ3) is 1.49. The Balaban J connectivity index is 2.43. The third-order valence-electron chi connectivity index (χ3n) is 1.89. The van der Waals surface area contributed by atoms with E-state index in [0.717, 1.165) is 0 Å². The van der Waals surface area contributed by atoms with Crippen LogP contribution in [0.1, 0.15) is 5.56 Å². The molecule has 0 fully saturated rings. The van der Waals surface area contributed by atoms with Crippen molar-refractivity contribution in [1.82, 2.24) is 15.0 Å². The highest BCUT2D eigenvalue weighted by molar-refractivity contribution is 5.34. The Morgan fingerprint density at radius 2 is 2.29 bits per heavy atom. The lowest BCUT2D eigenvalue weighted by atomic mass is 10.2. The van der Waals surface area contributed by atoms with Crippen molar-refractivity contribution in [2.24, 2.45) is 0 Å². The summed E-state index contributed by atoms with van der Waals surface area (Å²) in [5.74, 6) is -0.444. The largest absolute Gasteiger partial charge is 0.392 e. The molecule has 0 amide bonds. The normalized spacial score (nSPS) is 10.4. The van der Waals surface area contributed by atoms with Gasteiger partial charge in [-0.15, -0.1) is 5.10 Å². The van der Waals surface area contributed by atoms with Crippen molar-refractivity contribution in [3.05, 3.63) is 42.0 Å². The molecular formula is C9H8FN3O. The number of hydrogen-bond donors (Lipinski definition) is 1. The summed E-state index contributed by atoms with van der Waals surface area (Å²) in [5.41, 5.74) is 0.853. The van der Waals surface area contributed by atoms with Crippen LogP contribution in [0.4, 0.5) is 4.39 Å². The van der Waals surface area contributed by atoms with Gasteiger partial charge in [0.2, 0.25) is 0 Å². The molecule has 1 aromatic carbocycles. The minimum atomic E-state index is -0.444. The summed E-state index contributed by atoms with van der Waals surface area (Å²) in [6.07, 6.45) is 3.13. The van der Waals surface area contributed by atoms with Gasteiger partial charge in [0, 0.05) is 5.56 Å². The molecule has 0 aliphatic rings. The Labute approximate surface area is 79.6 Å². The van der Waals surface area contributed by atoms with E-state index in [-0.39, 0.29) is 12.2 Å². The number of aromatic nitrogens is 3. The second-order valence-corrected chi connectivity index (χ2v) is 2.78. The Kier molecular flexibility index (Phi) is 2.24. The lowest BCUT2D eigenvalue weighted by molar-refractivity contribution is 0.275. The number of aliphatic hydroxyl groups excluding tert-OH is 1. The van der Waals surface area contributed by atoms with Crippen LogP contribution in [-0.4, -0.2) is 20.1 Å². The van der Waals surface area contributed by atoms with E-state index in [4.69, 9.17) is 5.11 Å². The minimum Gasteiger partial charge on any atom is -0.392 e. The summed E-state index contributed by atoms with van der Waals surface area (Å²) in [4.78, 5) is 0. The number of aliphatic hydroxyl groups is 1. The second-order valence-electron chi connectivity index (χ2n) is 2.78. The van der Waals surface area contributed by atoms with Gasteiger partial charge in [0.15, 0.2) is 0 Å². The Morgan fingerprint density at radius 1 is 1.43 bits per heavy atom. The molecule has 5 heteroatoms. The molecule has 2 rings (SSSR count). The fourth-order valence-corrected chi connectivity index (χ4v) is 1.15. The smallest absolute Gasteiger partial charge is 0.130 e. The molecule has 0 atom stereocenters. The van der Waals surface area contributed by atoms with Crippen LogP contribution in [0, 0.1) is 5.82 Å². The highest BCUT2D eigenvalue weighted by Crippen LogP contribution is 2.12. The van der Waals surface area contributed by atoms with Gasteiger partial charge < -0.3 is 5.11 Å². The first-order valence-electron chi connectivity index (χ1n) is 4.07. The Bertz CT molecular complexity index is 428. The van der Waals surface area contributed by atoms with Crippen LogP contribution < -0.4 is 0 Å². The van der Waals surface area contributed by atoms with Crippen molar-refractivity contribution in [2.75, 3.05) is 0 Å². The van der Waals surface area contributed by atoms with E-state index in [0.29, 0.717) is 5.69 Å². The van der Waals surface area contributed by atoms with Gasteiger partial charge in [0.05, 0.1) is 24.7 Å². The zero-order chi connectivity index (χ0) is 9.97. The predicted molar refractivity (Wildman–Crippen MR) is 47.2 cm³/mol. The molecule has 0 saturated heterocycles. The van der Waals surface area contributed by atoms with Gasteiger partial charge in [-0.25, -0.2) is 9.07 Å². The number of halogens is 1. The van der Waals surface area contributed by atoms with Crippen LogP contribution in [-0.2, 0) is 6.61 Å². The van der Waals surface area contributed by atoms with E-state index < -0.39 is 5.82 Å². The van der Waals surface area contributed by atoms with E-state index in [2.05, 4.69) is 10.3 Å². The molecule has 0 radical (unpaired) electrons. The molecule has 1 aromatic heterocycles. The van der Waals surface area contributed by atoms with Crippen LogP contribution in [0.2, 0.25) is 0 Å². The summed E-state index contributed by atoms with van der Waals surface area (Å²) in [6, 6.07) is 4.50. The van der Waals surface area contributed by atoms with Crippen molar-refractivity contribution < 1.29 is 9.50 Å². The molecule has 0 saturated carbocycles. The average Bonchev–Trinajstić information content (AvgIpc) is 2.70. The molecule has 2 aromatic rings. The average molecular weight is 193 g/mol. The van der Waals surface area contributed by atoms with E-state index >= 15 is 0 Å². The molecule has 0 spiro atoms. The van der Waals surface area contributed by atoms with E-state index in [1.54, 1.807) is 12.3 Å². The Morgan fingerprint density at radius 3 is 2.86 bits per heavy atom. The fourth-order valence-electron chi connectivity index (χ4n) is 1.15. The van der Waals surface area contributed by atoms with Gasteiger partial charge in [-0.05, 0) is 12.1 Å². The zero-order valence-electron chi connectivity index (χ0n) is 7.26. The fraction of sp³-hybridized carbons (Fsp3) is 0.111. The number of rotatable bonds is 2. The van der Waals surface area contributed by atoms with Gasteiger partial charge in [0.1, 0.15) is 5.82 Å². The second kappa shape index (κ2) is 3.55. The molecule has 0 unspecified atom stereocenters. The first kappa shape index (κ1) is 8.83. The molecule has 14 heavy (non-hydrogen) atoms. The lowest BCUT2D eigenvalue weighted by Crippen LogP contribution is -1.98. The van der Waals surface area contributed by atoms with Crippen LogP contribution >= 0.6 is 0 Å². The number of hydrogen-bond acceptors (Lipinski definition) is 3. The van der Waals surface area contributed by atoms with Crippen LogP contribution in [0.3, 0.4) is 0 Å². The SMILES string of the molecule is OCc1ccc(-n2ccnn2)cc1F.